The van der Waals surface area contributed by atoms with Crippen LogP contribution in [0.2, 0.25) is 0 Å². The lowest BCUT2D eigenvalue weighted by molar-refractivity contribution is -0.671. The zero-order chi connectivity index (χ0) is 16.2. The molecule has 0 aliphatic heterocycles. The molecule has 0 aliphatic carbocycles. The van der Waals surface area contributed by atoms with Gasteiger partial charge in [0.15, 0.2) is 24.8 Å². The Morgan fingerprint density at radius 3 is 1.65 bits per heavy atom. The third kappa shape index (κ3) is 3.31. The largest absolute Gasteiger partial charge is 0.496 e. The number of ether oxygens (including phenoxy) is 2. The molecular formula is C19H20N2O2+2. The van der Waals surface area contributed by atoms with Crippen LogP contribution in [0.4, 0.5) is 0 Å². The van der Waals surface area contributed by atoms with Gasteiger partial charge in [-0.25, -0.2) is 4.57 Å². The minimum atomic E-state index is 0.770. The number of aryl methyl sites for hydroxylation is 1. The first-order chi connectivity index (χ1) is 11.2. The molecule has 0 N–H and O–H groups in total. The second kappa shape index (κ2) is 6.48. The summed E-state index contributed by atoms with van der Waals surface area (Å²) in [5, 5.41) is 0. The molecule has 4 heteroatoms. The van der Waals surface area contributed by atoms with E-state index >= 15 is 0 Å². The van der Waals surface area contributed by atoms with Crippen molar-refractivity contribution < 1.29 is 18.6 Å². The standard InChI is InChI=1S/C19H20N2O2/c1-20-8-4-15(5-9-20)16-6-10-21(11-7-16)17-12-18(22-2)14-19(13-17)23-3/h4-14H,1-3H3/q+2. The van der Waals surface area contributed by atoms with Crippen LogP contribution in [0, 0.1) is 0 Å². The van der Waals surface area contributed by atoms with E-state index in [0.29, 0.717) is 0 Å². The lowest BCUT2D eigenvalue weighted by Crippen LogP contribution is -2.29. The van der Waals surface area contributed by atoms with Gasteiger partial charge in [-0.05, 0) is 11.1 Å². The number of hydrogen-bond acceptors (Lipinski definition) is 2. The van der Waals surface area contributed by atoms with E-state index in [-0.39, 0.29) is 0 Å². The fourth-order valence-corrected chi connectivity index (χ4v) is 2.43. The first kappa shape index (κ1) is 15.0. The van der Waals surface area contributed by atoms with Gasteiger partial charge >= 0.3 is 0 Å². The Balaban J connectivity index is 1.94. The molecule has 0 unspecified atom stereocenters. The Labute approximate surface area is 136 Å². The maximum atomic E-state index is 5.33. The molecule has 0 saturated carbocycles. The lowest BCUT2D eigenvalue weighted by Gasteiger charge is -2.05. The maximum Gasteiger partial charge on any atom is 0.218 e. The predicted molar refractivity (Wildman–Crippen MR) is 87.7 cm³/mol. The van der Waals surface area contributed by atoms with Gasteiger partial charge in [0.05, 0.1) is 26.4 Å². The van der Waals surface area contributed by atoms with Crippen molar-refractivity contribution in [2.24, 2.45) is 7.05 Å². The molecule has 0 spiro atoms. The highest BCUT2D eigenvalue weighted by Gasteiger charge is 2.11. The van der Waals surface area contributed by atoms with Gasteiger partial charge in [-0.3, -0.25) is 0 Å². The van der Waals surface area contributed by atoms with Crippen molar-refractivity contribution in [2.75, 3.05) is 14.2 Å². The number of nitrogens with zero attached hydrogens (tertiary/aromatic N) is 2. The Hall–Kier alpha value is -2.88. The van der Waals surface area contributed by atoms with Crippen molar-refractivity contribution in [1.29, 1.82) is 0 Å². The number of methoxy groups -OCH3 is 2. The van der Waals surface area contributed by atoms with Crippen molar-refractivity contribution >= 4 is 0 Å². The van der Waals surface area contributed by atoms with Gasteiger partial charge in [0.25, 0.3) is 0 Å². The fraction of sp³-hybridized carbons (Fsp3) is 0.158. The maximum absolute atomic E-state index is 5.33. The third-order valence-corrected chi connectivity index (χ3v) is 3.78. The molecule has 0 saturated heterocycles. The van der Waals surface area contributed by atoms with Crippen LogP contribution in [0.3, 0.4) is 0 Å². The lowest BCUT2D eigenvalue weighted by atomic mass is 10.1. The molecule has 0 fully saturated rings. The van der Waals surface area contributed by atoms with E-state index in [1.54, 1.807) is 14.2 Å². The monoisotopic (exact) mass is 308 g/mol. The van der Waals surface area contributed by atoms with Gasteiger partial charge in [-0.2, -0.15) is 4.57 Å². The molecule has 116 valence electrons. The highest BCUT2D eigenvalue weighted by atomic mass is 16.5. The zero-order valence-electron chi connectivity index (χ0n) is 13.6. The van der Waals surface area contributed by atoms with E-state index in [1.165, 1.54) is 11.1 Å². The average molecular weight is 308 g/mol. The number of pyridine rings is 2. The topological polar surface area (TPSA) is 26.2 Å². The second-order valence-corrected chi connectivity index (χ2v) is 5.32. The number of hydrogen-bond donors (Lipinski definition) is 0. The van der Waals surface area contributed by atoms with Crippen LogP contribution in [0.25, 0.3) is 16.8 Å². The van der Waals surface area contributed by atoms with Gasteiger partial charge in [0.1, 0.15) is 18.5 Å². The molecule has 0 amide bonds. The first-order valence-corrected chi connectivity index (χ1v) is 7.40. The van der Waals surface area contributed by atoms with Crippen LogP contribution in [-0.2, 0) is 7.05 Å². The highest BCUT2D eigenvalue weighted by Crippen LogP contribution is 2.23. The van der Waals surface area contributed by atoms with Crippen molar-refractivity contribution in [1.82, 2.24) is 0 Å². The van der Waals surface area contributed by atoms with E-state index in [0.717, 1.165) is 17.2 Å². The average Bonchev–Trinajstić information content (AvgIpc) is 2.62. The Bertz CT molecular complexity index is 774. The summed E-state index contributed by atoms with van der Waals surface area (Å²) in [5.41, 5.74) is 3.36. The molecule has 0 bridgehead atoms. The molecule has 2 heterocycles. The van der Waals surface area contributed by atoms with Crippen LogP contribution >= 0.6 is 0 Å². The summed E-state index contributed by atoms with van der Waals surface area (Å²) in [6.45, 7) is 0. The van der Waals surface area contributed by atoms with E-state index in [4.69, 9.17) is 9.47 Å². The number of rotatable bonds is 4. The van der Waals surface area contributed by atoms with Crippen LogP contribution in [0.5, 0.6) is 11.5 Å². The molecule has 3 aromatic rings. The van der Waals surface area contributed by atoms with Crippen molar-refractivity contribution in [3.8, 4) is 28.3 Å². The molecular weight excluding hydrogens is 288 g/mol. The number of aromatic nitrogens is 2. The summed E-state index contributed by atoms with van der Waals surface area (Å²) in [6, 6.07) is 14.2. The summed E-state index contributed by atoms with van der Waals surface area (Å²) in [6.07, 6.45) is 8.17. The van der Waals surface area contributed by atoms with Gasteiger partial charge < -0.3 is 9.47 Å². The van der Waals surface area contributed by atoms with E-state index in [2.05, 4.69) is 24.3 Å². The Morgan fingerprint density at radius 1 is 0.696 bits per heavy atom. The van der Waals surface area contributed by atoms with Gasteiger partial charge in [0, 0.05) is 30.3 Å². The third-order valence-electron chi connectivity index (χ3n) is 3.78. The predicted octanol–water partition coefficient (Wildman–Crippen LogP) is 2.47. The van der Waals surface area contributed by atoms with Crippen molar-refractivity contribution in [3.05, 3.63) is 67.3 Å². The molecule has 0 atom stereocenters. The van der Waals surface area contributed by atoms with Crippen molar-refractivity contribution in [3.63, 3.8) is 0 Å². The number of benzene rings is 1. The summed E-state index contributed by atoms with van der Waals surface area (Å²) in [7, 11) is 5.32. The second-order valence-electron chi connectivity index (χ2n) is 5.32. The van der Waals surface area contributed by atoms with Crippen LogP contribution < -0.4 is 18.6 Å². The zero-order valence-corrected chi connectivity index (χ0v) is 13.6. The fourth-order valence-electron chi connectivity index (χ4n) is 2.43. The first-order valence-electron chi connectivity index (χ1n) is 7.40. The van der Waals surface area contributed by atoms with Gasteiger partial charge in [-0.15, -0.1) is 0 Å². The minimum Gasteiger partial charge on any atom is -0.496 e. The quantitative estimate of drug-likeness (QED) is 0.692. The normalized spacial score (nSPS) is 10.4. The van der Waals surface area contributed by atoms with Gasteiger partial charge in [-0.1, -0.05) is 0 Å². The summed E-state index contributed by atoms with van der Waals surface area (Å²) >= 11 is 0. The summed E-state index contributed by atoms with van der Waals surface area (Å²) < 4.78 is 14.7. The molecule has 2 aromatic heterocycles. The summed E-state index contributed by atoms with van der Waals surface area (Å²) in [4.78, 5) is 0. The minimum absolute atomic E-state index is 0.770. The molecule has 4 nitrogen and oxygen atoms in total. The van der Waals surface area contributed by atoms with E-state index < -0.39 is 0 Å². The molecule has 23 heavy (non-hydrogen) atoms. The van der Waals surface area contributed by atoms with E-state index in [1.807, 2.05) is 59.2 Å². The highest BCUT2D eigenvalue weighted by molar-refractivity contribution is 5.61. The smallest absolute Gasteiger partial charge is 0.218 e. The Kier molecular flexibility index (Phi) is 4.24. The van der Waals surface area contributed by atoms with E-state index in [9.17, 15) is 0 Å². The molecule has 3 rings (SSSR count). The van der Waals surface area contributed by atoms with Crippen LogP contribution in [0.15, 0.2) is 67.3 Å². The molecule has 0 aliphatic rings. The van der Waals surface area contributed by atoms with Gasteiger partial charge in [0.2, 0.25) is 5.69 Å². The molecule has 0 radical (unpaired) electrons. The van der Waals surface area contributed by atoms with Crippen LogP contribution in [-0.4, -0.2) is 14.2 Å². The Morgan fingerprint density at radius 2 is 1.17 bits per heavy atom. The van der Waals surface area contributed by atoms with Crippen LogP contribution in [0.1, 0.15) is 0 Å². The molecule has 1 aromatic carbocycles. The summed E-state index contributed by atoms with van der Waals surface area (Å²) in [5.74, 6) is 1.54. The SMILES string of the molecule is COc1cc(OC)cc(-[n+]2ccc(-c3cc[n+](C)cc3)cc2)c1. The van der Waals surface area contributed by atoms with Crippen molar-refractivity contribution in [2.45, 2.75) is 0 Å².